The number of hydrogen-bond acceptors (Lipinski definition) is 3. The van der Waals surface area contributed by atoms with E-state index in [1.54, 1.807) is 0 Å². The van der Waals surface area contributed by atoms with Crippen LogP contribution in [-0.4, -0.2) is 16.3 Å². The SMILES string of the molecule is O=C(CCc1ccccc1CSC1CC1)CCc1ccccc1CSC1CC1. The molecular weight excluding hydrogens is 380 g/mol. The van der Waals surface area contributed by atoms with E-state index in [0.29, 0.717) is 18.6 Å². The van der Waals surface area contributed by atoms with E-state index in [9.17, 15) is 4.79 Å². The van der Waals surface area contributed by atoms with Crippen molar-refractivity contribution in [3.8, 4) is 0 Å². The fraction of sp³-hybridized carbons (Fsp3) is 0.480. The molecule has 4 rings (SSSR count). The summed E-state index contributed by atoms with van der Waals surface area (Å²) in [5.74, 6) is 2.59. The molecule has 0 aliphatic heterocycles. The molecule has 0 bridgehead atoms. The minimum absolute atomic E-state index is 0.397. The summed E-state index contributed by atoms with van der Waals surface area (Å²) in [6.45, 7) is 0. The van der Waals surface area contributed by atoms with Crippen LogP contribution in [0.1, 0.15) is 60.8 Å². The van der Waals surface area contributed by atoms with Crippen molar-refractivity contribution in [2.75, 3.05) is 0 Å². The molecular formula is C25H30OS2. The Kier molecular flexibility index (Phi) is 7.20. The monoisotopic (exact) mass is 410 g/mol. The standard InChI is InChI=1S/C25H30OS2/c26-23(11-9-19-5-1-3-7-21(19)17-27-24-13-14-24)12-10-20-6-2-4-8-22(20)18-28-25-15-16-25/h1-8,24-25H,9-18H2. The zero-order valence-corrected chi connectivity index (χ0v) is 18.2. The Hall–Kier alpha value is -1.19. The maximum atomic E-state index is 12.6. The van der Waals surface area contributed by atoms with Crippen LogP contribution in [0.3, 0.4) is 0 Å². The third kappa shape index (κ3) is 6.42. The van der Waals surface area contributed by atoms with Crippen molar-refractivity contribution in [3.05, 3.63) is 70.8 Å². The molecule has 2 aliphatic rings. The number of Topliss-reactive ketones (excluding diaryl/α,β-unsaturated/α-hetero) is 1. The minimum atomic E-state index is 0.397. The van der Waals surface area contributed by atoms with Crippen LogP contribution in [-0.2, 0) is 29.1 Å². The van der Waals surface area contributed by atoms with Crippen LogP contribution >= 0.6 is 23.5 Å². The molecule has 0 amide bonds. The first-order valence-corrected chi connectivity index (χ1v) is 12.8. The van der Waals surface area contributed by atoms with Gasteiger partial charge in [-0.15, -0.1) is 0 Å². The van der Waals surface area contributed by atoms with Gasteiger partial charge in [0.25, 0.3) is 0 Å². The van der Waals surface area contributed by atoms with E-state index < -0.39 is 0 Å². The zero-order valence-electron chi connectivity index (χ0n) is 16.6. The summed E-state index contributed by atoms with van der Waals surface area (Å²) in [6.07, 6.45) is 8.64. The lowest BCUT2D eigenvalue weighted by Gasteiger charge is -2.10. The zero-order chi connectivity index (χ0) is 19.2. The lowest BCUT2D eigenvalue weighted by atomic mass is 9.98. The smallest absolute Gasteiger partial charge is 0.133 e. The Morgan fingerprint density at radius 3 is 1.46 bits per heavy atom. The van der Waals surface area contributed by atoms with Gasteiger partial charge in [0.2, 0.25) is 0 Å². The van der Waals surface area contributed by atoms with Gasteiger partial charge in [-0.3, -0.25) is 4.79 Å². The third-order valence-corrected chi connectivity index (χ3v) is 8.42. The number of thioether (sulfide) groups is 2. The van der Waals surface area contributed by atoms with Crippen molar-refractivity contribution >= 4 is 29.3 Å². The molecule has 0 N–H and O–H groups in total. The van der Waals surface area contributed by atoms with Crippen molar-refractivity contribution < 1.29 is 4.79 Å². The van der Waals surface area contributed by atoms with Gasteiger partial charge in [0.1, 0.15) is 5.78 Å². The summed E-state index contributed by atoms with van der Waals surface area (Å²) >= 11 is 4.15. The molecule has 0 atom stereocenters. The highest BCUT2D eigenvalue weighted by molar-refractivity contribution is 7.99. The van der Waals surface area contributed by atoms with E-state index in [1.807, 2.05) is 0 Å². The van der Waals surface area contributed by atoms with E-state index in [2.05, 4.69) is 72.1 Å². The summed E-state index contributed by atoms with van der Waals surface area (Å²) in [5.41, 5.74) is 5.58. The number of ketones is 1. The number of carbonyl (C=O) groups is 1. The fourth-order valence-corrected chi connectivity index (χ4v) is 5.77. The van der Waals surface area contributed by atoms with E-state index in [-0.39, 0.29) is 0 Å². The minimum Gasteiger partial charge on any atom is -0.300 e. The summed E-state index contributed by atoms with van der Waals surface area (Å²) in [4.78, 5) is 12.6. The summed E-state index contributed by atoms with van der Waals surface area (Å²) in [5, 5.41) is 1.76. The highest BCUT2D eigenvalue weighted by Crippen LogP contribution is 2.37. The van der Waals surface area contributed by atoms with Crippen LogP contribution in [0.2, 0.25) is 0 Å². The number of hydrogen-bond donors (Lipinski definition) is 0. The average Bonchev–Trinajstić information content (AvgIpc) is 3.63. The van der Waals surface area contributed by atoms with Gasteiger partial charge in [0.05, 0.1) is 0 Å². The Balaban J connectivity index is 1.25. The van der Waals surface area contributed by atoms with E-state index in [1.165, 1.54) is 47.9 Å². The molecule has 0 saturated heterocycles. The van der Waals surface area contributed by atoms with Crippen molar-refractivity contribution in [1.82, 2.24) is 0 Å². The number of benzene rings is 2. The predicted octanol–water partition coefficient (Wildman–Crippen LogP) is 6.61. The summed E-state index contributed by atoms with van der Waals surface area (Å²) < 4.78 is 0. The second-order valence-electron chi connectivity index (χ2n) is 8.10. The molecule has 0 radical (unpaired) electrons. The van der Waals surface area contributed by atoms with Crippen LogP contribution in [0.25, 0.3) is 0 Å². The normalized spacial score (nSPS) is 16.3. The molecule has 2 saturated carbocycles. The molecule has 0 heterocycles. The van der Waals surface area contributed by atoms with Gasteiger partial charge in [-0.1, -0.05) is 48.5 Å². The molecule has 0 aromatic heterocycles. The van der Waals surface area contributed by atoms with Crippen molar-refractivity contribution in [3.63, 3.8) is 0 Å². The number of rotatable bonds is 12. The van der Waals surface area contributed by atoms with Crippen molar-refractivity contribution in [1.29, 1.82) is 0 Å². The second-order valence-corrected chi connectivity index (χ2v) is 10.7. The van der Waals surface area contributed by atoms with Crippen molar-refractivity contribution in [2.24, 2.45) is 0 Å². The first kappa shape index (κ1) is 20.1. The molecule has 2 aromatic rings. The maximum absolute atomic E-state index is 12.6. The van der Waals surface area contributed by atoms with Gasteiger partial charge in [-0.05, 0) is 60.8 Å². The molecule has 28 heavy (non-hydrogen) atoms. The molecule has 2 fully saturated rings. The highest BCUT2D eigenvalue weighted by atomic mass is 32.2. The molecule has 0 unspecified atom stereocenters. The van der Waals surface area contributed by atoms with Gasteiger partial charge >= 0.3 is 0 Å². The molecule has 2 aliphatic carbocycles. The molecule has 3 heteroatoms. The molecule has 0 spiro atoms. The fourth-order valence-electron chi connectivity index (χ4n) is 3.44. The highest BCUT2D eigenvalue weighted by Gasteiger charge is 2.22. The van der Waals surface area contributed by atoms with Crippen LogP contribution in [0.15, 0.2) is 48.5 Å². The van der Waals surface area contributed by atoms with Crippen LogP contribution in [0, 0.1) is 0 Å². The van der Waals surface area contributed by atoms with Gasteiger partial charge in [0.15, 0.2) is 0 Å². The van der Waals surface area contributed by atoms with E-state index in [4.69, 9.17) is 0 Å². The summed E-state index contributed by atoms with van der Waals surface area (Å²) in [6, 6.07) is 17.4. The lowest BCUT2D eigenvalue weighted by molar-refractivity contribution is -0.119. The molecule has 1 nitrogen and oxygen atoms in total. The second kappa shape index (κ2) is 10.0. The Morgan fingerprint density at radius 2 is 1.07 bits per heavy atom. The average molecular weight is 411 g/mol. The van der Waals surface area contributed by atoms with Gasteiger partial charge in [-0.2, -0.15) is 23.5 Å². The number of aryl methyl sites for hydroxylation is 2. The third-order valence-electron chi connectivity index (χ3n) is 5.58. The van der Waals surface area contributed by atoms with Gasteiger partial charge < -0.3 is 0 Å². The predicted molar refractivity (Wildman–Crippen MR) is 123 cm³/mol. The Labute approximate surface area is 178 Å². The number of carbonyl (C=O) groups excluding carboxylic acids is 1. The van der Waals surface area contributed by atoms with Gasteiger partial charge in [-0.25, -0.2) is 0 Å². The molecule has 148 valence electrons. The first-order valence-electron chi connectivity index (χ1n) is 10.7. The van der Waals surface area contributed by atoms with Crippen LogP contribution in [0.5, 0.6) is 0 Å². The van der Waals surface area contributed by atoms with Crippen LogP contribution < -0.4 is 0 Å². The van der Waals surface area contributed by atoms with Crippen molar-refractivity contribution in [2.45, 2.75) is 73.4 Å². The van der Waals surface area contributed by atoms with E-state index >= 15 is 0 Å². The lowest BCUT2D eigenvalue weighted by Crippen LogP contribution is -2.05. The first-order chi connectivity index (χ1) is 13.8. The van der Waals surface area contributed by atoms with Gasteiger partial charge in [0, 0.05) is 34.8 Å². The van der Waals surface area contributed by atoms with Crippen LogP contribution in [0.4, 0.5) is 0 Å². The summed E-state index contributed by atoms with van der Waals surface area (Å²) in [7, 11) is 0. The Morgan fingerprint density at radius 1 is 0.679 bits per heavy atom. The largest absolute Gasteiger partial charge is 0.300 e. The Bertz CT molecular complexity index is 727. The maximum Gasteiger partial charge on any atom is 0.133 e. The molecule has 2 aromatic carbocycles. The topological polar surface area (TPSA) is 17.1 Å². The quantitative estimate of drug-likeness (QED) is 0.392. The van der Waals surface area contributed by atoms with E-state index in [0.717, 1.165) is 34.8 Å².